The van der Waals surface area contributed by atoms with Crippen molar-refractivity contribution in [3.63, 3.8) is 0 Å². The molecule has 1 aromatic rings. The molecule has 0 radical (unpaired) electrons. The zero-order valence-corrected chi connectivity index (χ0v) is 17.2. The number of nitrogens with one attached hydrogen (secondary N) is 4. The predicted molar refractivity (Wildman–Crippen MR) is 108 cm³/mol. The second-order valence-electron chi connectivity index (χ2n) is 7.71. The first-order valence-electron chi connectivity index (χ1n) is 9.82. The van der Waals surface area contributed by atoms with E-state index in [2.05, 4.69) is 26.2 Å². The van der Waals surface area contributed by atoms with Crippen LogP contribution in [0.1, 0.15) is 38.0 Å². The first kappa shape index (κ1) is 20.6. The van der Waals surface area contributed by atoms with Crippen LogP contribution in [0.25, 0.3) is 0 Å². The number of hydrogen-bond donors (Lipinski definition) is 4. The molecular weight excluding hydrogens is 378 g/mol. The molecule has 2 aliphatic rings. The van der Waals surface area contributed by atoms with E-state index in [9.17, 15) is 14.4 Å². The van der Waals surface area contributed by atoms with Gasteiger partial charge >= 0.3 is 6.03 Å². The largest absolute Gasteiger partial charge is 0.353 e. The van der Waals surface area contributed by atoms with Crippen molar-refractivity contribution in [1.29, 1.82) is 0 Å². The van der Waals surface area contributed by atoms with E-state index in [0.717, 1.165) is 4.88 Å². The Kier molecular flexibility index (Phi) is 6.90. The summed E-state index contributed by atoms with van der Waals surface area (Å²) in [6.45, 7) is 5.54. The molecule has 0 bridgehead atoms. The van der Waals surface area contributed by atoms with Crippen molar-refractivity contribution in [2.45, 2.75) is 63.8 Å². The van der Waals surface area contributed by atoms with E-state index in [1.807, 2.05) is 31.4 Å². The summed E-state index contributed by atoms with van der Waals surface area (Å²) < 4.78 is 0. The van der Waals surface area contributed by atoms with Crippen LogP contribution in [0.3, 0.4) is 0 Å². The maximum Gasteiger partial charge on any atom is 0.315 e. The van der Waals surface area contributed by atoms with E-state index in [1.165, 1.54) is 0 Å². The summed E-state index contributed by atoms with van der Waals surface area (Å²) in [4.78, 5) is 39.7. The van der Waals surface area contributed by atoms with Crippen LogP contribution in [0.5, 0.6) is 0 Å². The molecule has 3 atom stereocenters. The van der Waals surface area contributed by atoms with E-state index in [-0.39, 0.29) is 42.0 Å². The summed E-state index contributed by atoms with van der Waals surface area (Å²) in [5.41, 5.74) is 0. The van der Waals surface area contributed by atoms with Gasteiger partial charge in [0.05, 0.1) is 12.6 Å². The number of piperazine rings is 1. The van der Waals surface area contributed by atoms with Crippen LogP contribution in [0.2, 0.25) is 0 Å². The second kappa shape index (κ2) is 9.38. The van der Waals surface area contributed by atoms with E-state index in [1.54, 1.807) is 11.3 Å². The van der Waals surface area contributed by atoms with Gasteiger partial charge in [0.2, 0.25) is 11.8 Å². The molecule has 3 rings (SSSR count). The highest BCUT2D eigenvalue weighted by atomic mass is 32.1. The van der Waals surface area contributed by atoms with Gasteiger partial charge in [-0.25, -0.2) is 4.79 Å². The number of thiophene rings is 1. The Morgan fingerprint density at radius 3 is 2.93 bits per heavy atom. The number of carbonyl (C=O) groups excluding carboxylic acids is 3. The number of hydrogen-bond acceptors (Lipinski definition) is 5. The summed E-state index contributed by atoms with van der Waals surface area (Å²) in [6, 6.07) is 3.63. The molecule has 0 unspecified atom stereocenters. The quantitative estimate of drug-likeness (QED) is 0.537. The number of rotatable bonds is 7. The average Bonchev–Trinajstić information content (AvgIpc) is 3.28. The molecule has 0 saturated carbocycles. The number of carbonyl (C=O) groups is 3. The molecule has 0 spiro atoms. The molecule has 0 aromatic carbocycles. The van der Waals surface area contributed by atoms with E-state index in [4.69, 9.17) is 0 Å². The SMILES string of the molecule is CC(C)NC(=O)N[C@H]1C[C@H]2C(=O)NC[C@@H](CCC(=O)NCc3cccs3)N2C1. The van der Waals surface area contributed by atoms with Gasteiger partial charge in [-0.15, -0.1) is 11.3 Å². The third-order valence-electron chi connectivity index (χ3n) is 5.12. The fourth-order valence-electron chi connectivity index (χ4n) is 3.82. The second-order valence-corrected chi connectivity index (χ2v) is 8.74. The zero-order chi connectivity index (χ0) is 20.1. The van der Waals surface area contributed by atoms with Gasteiger partial charge in [0.25, 0.3) is 0 Å². The third-order valence-corrected chi connectivity index (χ3v) is 6.00. The molecule has 8 nitrogen and oxygen atoms in total. The lowest BCUT2D eigenvalue weighted by Crippen LogP contribution is -2.58. The lowest BCUT2D eigenvalue weighted by Gasteiger charge is -2.37. The van der Waals surface area contributed by atoms with Gasteiger partial charge in [-0.1, -0.05) is 6.07 Å². The van der Waals surface area contributed by atoms with Crippen LogP contribution in [0.4, 0.5) is 4.79 Å². The van der Waals surface area contributed by atoms with Crippen LogP contribution < -0.4 is 21.3 Å². The first-order valence-corrected chi connectivity index (χ1v) is 10.7. The molecule has 4 amide bonds. The van der Waals surface area contributed by atoms with Crippen LogP contribution in [-0.4, -0.2) is 60.0 Å². The van der Waals surface area contributed by atoms with Crippen molar-refractivity contribution in [2.75, 3.05) is 13.1 Å². The molecule has 2 aliphatic heterocycles. The highest BCUT2D eigenvalue weighted by Crippen LogP contribution is 2.25. The summed E-state index contributed by atoms with van der Waals surface area (Å²) in [6.07, 6.45) is 1.69. The minimum absolute atomic E-state index is 0.00645. The van der Waals surface area contributed by atoms with Gasteiger partial charge in [-0.2, -0.15) is 0 Å². The van der Waals surface area contributed by atoms with Crippen LogP contribution in [0, 0.1) is 0 Å². The maximum atomic E-state index is 12.2. The molecular formula is C19H29N5O3S. The highest BCUT2D eigenvalue weighted by Gasteiger charge is 2.43. The van der Waals surface area contributed by atoms with Crippen molar-refractivity contribution in [2.24, 2.45) is 0 Å². The Balaban J connectivity index is 1.48. The Morgan fingerprint density at radius 2 is 2.21 bits per heavy atom. The Labute approximate surface area is 169 Å². The Morgan fingerprint density at radius 1 is 1.39 bits per heavy atom. The molecule has 4 N–H and O–H groups in total. The molecule has 154 valence electrons. The molecule has 0 aliphatic carbocycles. The van der Waals surface area contributed by atoms with Crippen molar-refractivity contribution >= 4 is 29.2 Å². The summed E-state index contributed by atoms with van der Waals surface area (Å²) in [5.74, 6) is 0.0268. The number of amides is 4. The minimum atomic E-state index is -0.239. The molecule has 2 fully saturated rings. The van der Waals surface area contributed by atoms with Crippen LogP contribution >= 0.6 is 11.3 Å². The van der Waals surface area contributed by atoms with Gasteiger partial charge in [0, 0.05) is 42.5 Å². The fourth-order valence-corrected chi connectivity index (χ4v) is 4.47. The van der Waals surface area contributed by atoms with Crippen LogP contribution in [-0.2, 0) is 16.1 Å². The summed E-state index contributed by atoms with van der Waals surface area (Å²) >= 11 is 1.62. The smallest absolute Gasteiger partial charge is 0.315 e. The van der Waals surface area contributed by atoms with Crippen molar-refractivity contribution < 1.29 is 14.4 Å². The van der Waals surface area contributed by atoms with Crippen molar-refractivity contribution in [1.82, 2.24) is 26.2 Å². The van der Waals surface area contributed by atoms with E-state index in [0.29, 0.717) is 38.9 Å². The molecule has 2 saturated heterocycles. The lowest BCUT2D eigenvalue weighted by molar-refractivity contribution is -0.129. The van der Waals surface area contributed by atoms with Crippen LogP contribution in [0.15, 0.2) is 17.5 Å². The van der Waals surface area contributed by atoms with Gasteiger partial charge in [-0.3, -0.25) is 14.5 Å². The lowest BCUT2D eigenvalue weighted by atomic mass is 10.0. The van der Waals surface area contributed by atoms with Gasteiger partial charge in [0.15, 0.2) is 0 Å². The molecule has 1 aromatic heterocycles. The van der Waals surface area contributed by atoms with E-state index < -0.39 is 0 Å². The Bertz CT molecular complexity index is 694. The van der Waals surface area contributed by atoms with E-state index >= 15 is 0 Å². The fraction of sp³-hybridized carbons (Fsp3) is 0.632. The number of nitrogens with zero attached hydrogens (tertiary/aromatic N) is 1. The maximum absolute atomic E-state index is 12.2. The highest BCUT2D eigenvalue weighted by molar-refractivity contribution is 7.09. The van der Waals surface area contributed by atoms with Gasteiger partial charge < -0.3 is 21.3 Å². The molecule has 3 heterocycles. The number of urea groups is 1. The van der Waals surface area contributed by atoms with Crippen molar-refractivity contribution in [3.05, 3.63) is 22.4 Å². The standard InChI is InChI=1S/C19H29N5O3S/c1-12(2)22-19(27)23-13-8-16-18(26)21-9-14(24(16)11-13)5-6-17(25)20-10-15-4-3-7-28-15/h3-4,7,12-14,16H,5-6,8-11H2,1-2H3,(H,20,25)(H,21,26)(H2,22,23,27)/t13-,14+,16-/m0/s1. The third kappa shape index (κ3) is 5.45. The first-order chi connectivity index (χ1) is 13.4. The normalized spacial score (nSPS) is 24.5. The van der Waals surface area contributed by atoms with Gasteiger partial charge in [-0.05, 0) is 38.1 Å². The topological polar surface area (TPSA) is 103 Å². The average molecular weight is 408 g/mol. The Hall–Kier alpha value is -2.13. The minimum Gasteiger partial charge on any atom is -0.353 e. The zero-order valence-electron chi connectivity index (χ0n) is 16.4. The monoisotopic (exact) mass is 407 g/mol. The molecule has 9 heteroatoms. The summed E-state index contributed by atoms with van der Waals surface area (Å²) in [5, 5.41) is 13.7. The number of fused-ring (bicyclic) bond motifs is 1. The summed E-state index contributed by atoms with van der Waals surface area (Å²) in [7, 11) is 0. The predicted octanol–water partition coefficient (Wildman–Crippen LogP) is 0.793. The van der Waals surface area contributed by atoms with Gasteiger partial charge in [0.1, 0.15) is 0 Å². The molecule has 28 heavy (non-hydrogen) atoms. The van der Waals surface area contributed by atoms with Crippen molar-refractivity contribution in [3.8, 4) is 0 Å².